The van der Waals surface area contributed by atoms with Gasteiger partial charge in [0.25, 0.3) is 0 Å². The maximum absolute atomic E-state index is 9.88. The van der Waals surface area contributed by atoms with Gasteiger partial charge in [-0.05, 0) is 31.0 Å². The maximum Gasteiger partial charge on any atom is 0.191 e. The van der Waals surface area contributed by atoms with E-state index in [1.165, 1.54) is 0 Å². The van der Waals surface area contributed by atoms with Crippen LogP contribution in [0, 0.1) is 0 Å². The van der Waals surface area contributed by atoms with Crippen molar-refractivity contribution in [2.24, 2.45) is 4.99 Å². The van der Waals surface area contributed by atoms with Gasteiger partial charge in [0, 0.05) is 38.9 Å². The van der Waals surface area contributed by atoms with Gasteiger partial charge in [-0.25, -0.2) is 0 Å². The molecule has 7 heteroatoms. The van der Waals surface area contributed by atoms with Crippen molar-refractivity contribution < 1.29 is 19.3 Å². The van der Waals surface area contributed by atoms with Crippen LogP contribution in [0.15, 0.2) is 23.2 Å². The number of nitrogens with zero attached hydrogens (tertiary/aromatic N) is 1. The molecule has 1 saturated heterocycles. The summed E-state index contributed by atoms with van der Waals surface area (Å²) in [7, 11) is 3.32. The normalized spacial score (nSPS) is 17.8. The third kappa shape index (κ3) is 5.90. The van der Waals surface area contributed by atoms with Gasteiger partial charge in [-0.15, -0.1) is 0 Å². The molecule has 134 valence electrons. The summed E-state index contributed by atoms with van der Waals surface area (Å²) >= 11 is 0. The van der Waals surface area contributed by atoms with E-state index < -0.39 is 0 Å². The lowest BCUT2D eigenvalue weighted by atomic mass is 10.2. The van der Waals surface area contributed by atoms with Crippen molar-refractivity contribution in [1.82, 2.24) is 10.6 Å². The van der Waals surface area contributed by atoms with Gasteiger partial charge in [0.1, 0.15) is 11.5 Å². The van der Waals surface area contributed by atoms with E-state index in [4.69, 9.17) is 14.2 Å². The molecule has 0 aromatic heterocycles. The first-order valence-electron chi connectivity index (χ1n) is 8.22. The number of guanidine groups is 1. The lowest BCUT2D eigenvalue weighted by Gasteiger charge is -2.14. The van der Waals surface area contributed by atoms with Crippen molar-refractivity contribution in [2.45, 2.75) is 25.5 Å². The quantitative estimate of drug-likeness (QED) is 0.376. The summed E-state index contributed by atoms with van der Waals surface area (Å²) in [5, 5.41) is 16.3. The van der Waals surface area contributed by atoms with Crippen molar-refractivity contribution in [3.63, 3.8) is 0 Å². The van der Waals surface area contributed by atoms with Gasteiger partial charge in [0.15, 0.2) is 5.96 Å². The Hall–Kier alpha value is -1.99. The molecule has 0 amide bonds. The van der Waals surface area contributed by atoms with Crippen LogP contribution in [0.5, 0.6) is 11.5 Å². The Labute approximate surface area is 143 Å². The largest absolute Gasteiger partial charge is 0.508 e. The third-order valence-electron chi connectivity index (χ3n) is 3.81. The molecule has 1 aliphatic heterocycles. The molecule has 0 saturated carbocycles. The van der Waals surface area contributed by atoms with E-state index in [0.29, 0.717) is 31.5 Å². The predicted octanol–water partition coefficient (Wildman–Crippen LogP) is 1.26. The van der Waals surface area contributed by atoms with Gasteiger partial charge in [-0.2, -0.15) is 0 Å². The summed E-state index contributed by atoms with van der Waals surface area (Å²) in [4.78, 5) is 4.17. The van der Waals surface area contributed by atoms with Crippen molar-refractivity contribution in [1.29, 1.82) is 0 Å². The number of phenolic OH excluding ortho intramolecular Hbond substituents is 1. The molecule has 1 heterocycles. The highest BCUT2D eigenvalue weighted by molar-refractivity contribution is 5.79. The number of aliphatic imine (C=N–C) groups is 1. The molecule has 1 unspecified atom stereocenters. The Morgan fingerprint density at radius 1 is 1.42 bits per heavy atom. The van der Waals surface area contributed by atoms with Crippen molar-refractivity contribution in [3.8, 4) is 11.5 Å². The summed E-state index contributed by atoms with van der Waals surface area (Å²) in [6, 6.07) is 5.14. The van der Waals surface area contributed by atoms with Crippen LogP contribution in [-0.2, 0) is 16.0 Å². The van der Waals surface area contributed by atoms with E-state index in [-0.39, 0.29) is 11.9 Å². The van der Waals surface area contributed by atoms with Gasteiger partial charge in [-0.3, -0.25) is 4.99 Å². The smallest absolute Gasteiger partial charge is 0.191 e. The molecular weight excluding hydrogens is 310 g/mol. The molecule has 1 atom stereocenters. The average Bonchev–Trinajstić information content (AvgIpc) is 3.12. The number of methoxy groups -OCH3 is 1. The van der Waals surface area contributed by atoms with Crippen LogP contribution in [-0.4, -0.2) is 57.7 Å². The van der Waals surface area contributed by atoms with E-state index in [1.807, 2.05) is 0 Å². The Morgan fingerprint density at radius 2 is 2.29 bits per heavy atom. The summed E-state index contributed by atoms with van der Waals surface area (Å²) < 4.78 is 16.2. The Bertz CT molecular complexity index is 531. The highest BCUT2D eigenvalue weighted by Gasteiger charge is 2.15. The predicted molar refractivity (Wildman–Crippen MR) is 92.7 cm³/mol. The number of benzene rings is 1. The van der Waals surface area contributed by atoms with Crippen LogP contribution in [0.4, 0.5) is 0 Å². The first-order valence-corrected chi connectivity index (χ1v) is 8.22. The first kappa shape index (κ1) is 18.4. The highest BCUT2D eigenvalue weighted by Crippen LogP contribution is 2.22. The highest BCUT2D eigenvalue weighted by atomic mass is 16.5. The summed E-state index contributed by atoms with van der Waals surface area (Å²) in [5.74, 6) is 1.62. The SMILES string of the molecule is CN=C(NCCCOC1CCOC1)NCc1cc(OC)ccc1O. The summed E-state index contributed by atoms with van der Waals surface area (Å²) in [5.41, 5.74) is 0.752. The third-order valence-corrected chi connectivity index (χ3v) is 3.81. The minimum atomic E-state index is 0.228. The van der Waals surface area contributed by atoms with Crippen LogP contribution in [0.3, 0.4) is 0 Å². The molecule has 1 aromatic rings. The lowest BCUT2D eigenvalue weighted by Crippen LogP contribution is -2.37. The Balaban J connectivity index is 1.66. The number of phenols is 1. The molecular formula is C17H27N3O4. The van der Waals surface area contributed by atoms with Crippen LogP contribution in [0.2, 0.25) is 0 Å². The van der Waals surface area contributed by atoms with Gasteiger partial charge >= 0.3 is 0 Å². The van der Waals surface area contributed by atoms with Gasteiger partial charge in [-0.1, -0.05) is 0 Å². The Kier molecular flexibility index (Phi) is 7.64. The van der Waals surface area contributed by atoms with Crippen molar-refractivity contribution in [2.75, 3.05) is 40.5 Å². The number of rotatable bonds is 8. The number of hydrogen-bond donors (Lipinski definition) is 3. The minimum absolute atomic E-state index is 0.228. The number of aromatic hydroxyl groups is 1. The lowest BCUT2D eigenvalue weighted by molar-refractivity contribution is 0.0420. The van der Waals surface area contributed by atoms with E-state index in [9.17, 15) is 5.11 Å². The first-order chi connectivity index (χ1) is 11.7. The molecule has 3 N–H and O–H groups in total. The zero-order valence-electron chi connectivity index (χ0n) is 14.4. The fourth-order valence-corrected chi connectivity index (χ4v) is 2.40. The molecule has 0 bridgehead atoms. The molecule has 24 heavy (non-hydrogen) atoms. The maximum atomic E-state index is 9.88. The second-order valence-corrected chi connectivity index (χ2v) is 5.56. The minimum Gasteiger partial charge on any atom is -0.508 e. The van der Waals surface area contributed by atoms with E-state index in [2.05, 4.69) is 15.6 Å². The van der Waals surface area contributed by atoms with Crippen LogP contribution < -0.4 is 15.4 Å². The summed E-state index contributed by atoms with van der Waals surface area (Å²) in [6.45, 7) is 3.43. The van der Waals surface area contributed by atoms with Crippen molar-refractivity contribution in [3.05, 3.63) is 23.8 Å². The van der Waals surface area contributed by atoms with Gasteiger partial charge in [0.05, 0.1) is 19.8 Å². The van der Waals surface area contributed by atoms with Crippen LogP contribution in [0.25, 0.3) is 0 Å². The monoisotopic (exact) mass is 337 g/mol. The van der Waals surface area contributed by atoms with E-state index >= 15 is 0 Å². The van der Waals surface area contributed by atoms with E-state index in [0.717, 1.165) is 31.6 Å². The molecule has 1 fully saturated rings. The summed E-state index contributed by atoms with van der Waals surface area (Å²) in [6.07, 6.45) is 2.13. The zero-order chi connectivity index (χ0) is 17.2. The molecule has 0 spiro atoms. The molecule has 7 nitrogen and oxygen atoms in total. The molecule has 0 radical (unpaired) electrons. The fraction of sp³-hybridized carbons (Fsp3) is 0.588. The van der Waals surface area contributed by atoms with Crippen molar-refractivity contribution >= 4 is 5.96 Å². The number of nitrogens with one attached hydrogen (secondary N) is 2. The number of ether oxygens (including phenoxy) is 3. The average molecular weight is 337 g/mol. The second kappa shape index (κ2) is 10.00. The van der Waals surface area contributed by atoms with E-state index in [1.54, 1.807) is 32.4 Å². The molecule has 2 rings (SSSR count). The standard InChI is InChI=1S/C17H27N3O4/c1-18-17(19-7-3-8-24-15-6-9-23-12-15)20-11-13-10-14(22-2)4-5-16(13)21/h4-5,10,15,21H,3,6-9,11-12H2,1-2H3,(H2,18,19,20). The second-order valence-electron chi connectivity index (χ2n) is 5.56. The fourth-order valence-electron chi connectivity index (χ4n) is 2.40. The zero-order valence-corrected chi connectivity index (χ0v) is 14.4. The number of hydrogen-bond acceptors (Lipinski definition) is 5. The van der Waals surface area contributed by atoms with Gasteiger partial charge in [0.2, 0.25) is 0 Å². The molecule has 0 aliphatic carbocycles. The molecule has 1 aliphatic rings. The molecule has 1 aromatic carbocycles. The van der Waals surface area contributed by atoms with Crippen LogP contribution >= 0.6 is 0 Å². The van der Waals surface area contributed by atoms with Crippen LogP contribution in [0.1, 0.15) is 18.4 Å². The van der Waals surface area contributed by atoms with Gasteiger partial charge < -0.3 is 30.0 Å². The Morgan fingerprint density at radius 3 is 3.00 bits per heavy atom. The topological polar surface area (TPSA) is 84.3 Å².